The summed E-state index contributed by atoms with van der Waals surface area (Å²) in [5.41, 5.74) is 1.21. The molecule has 0 aliphatic carbocycles. The molecule has 1 aromatic carbocycles. The van der Waals surface area contributed by atoms with Crippen molar-refractivity contribution in [2.24, 2.45) is 0 Å². The minimum atomic E-state index is -0.391. The van der Waals surface area contributed by atoms with Crippen molar-refractivity contribution in [3.8, 4) is 0 Å². The molecule has 0 spiro atoms. The van der Waals surface area contributed by atoms with E-state index in [1.54, 1.807) is 12.1 Å². The quantitative estimate of drug-likeness (QED) is 0.506. The van der Waals surface area contributed by atoms with Gasteiger partial charge in [0.15, 0.2) is 0 Å². The van der Waals surface area contributed by atoms with E-state index in [9.17, 15) is 10.1 Å². The van der Waals surface area contributed by atoms with Crippen LogP contribution in [0.4, 0.5) is 5.69 Å². The molecular weight excluding hydrogens is 240 g/mol. The second kappa shape index (κ2) is 5.70. The third-order valence-electron chi connectivity index (χ3n) is 2.29. The molecule has 0 fully saturated rings. The highest BCUT2D eigenvalue weighted by Gasteiger charge is 2.07. The van der Waals surface area contributed by atoms with E-state index in [0.29, 0.717) is 13.2 Å². The smallest absolute Gasteiger partial charge is 0.270 e. The Bertz CT molecular complexity index is 448. The molecule has 1 aromatic rings. The summed E-state index contributed by atoms with van der Waals surface area (Å²) in [5.74, 6) is 0. The Labute approximate surface area is 103 Å². The van der Waals surface area contributed by atoms with Crippen LogP contribution >= 0.6 is 11.9 Å². The molecule has 5 nitrogen and oxygen atoms in total. The molecule has 90 valence electrons. The Kier molecular flexibility index (Phi) is 4.00. The van der Waals surface area contributed by atoms with E-state index in [-0.39, 0.29) is 5.69 Å². The average molecular weight is 252 g/mol. The van der Waals surface area contributed by atoms with Crippen molar-refractivity contribution in [2.75, 3.05) is 13.2 Å². The van der Waals surface area contributed by atoms with E-state index in [4.69, 9.17) is 4.74 Å². The van der Waals surface area contributed by atoms with Crippen molar-refractivity contribution < 1.29 is 9.66 Å². The highest BCUT2D eigenvalue weighted by atomic mass is 32.2. The average Bonchev–Trinajstić information content (AvgIpc) is 2.38. The van der Waals surface area contributed by atoms with Crippen molar-refractivity contribution in [3.63, 3.8) is 0 Å². The number of rotatable bonds is 4. The predicted molar refractivity (Wildman–Crippen MR) is 65.6 cm³/mol. The zero-order chi connectivity index (χ0) is 12.1. The fourth-order valence-electron chi connectivity index (χ4n) is 1.40. The summed E-state index contributed by atoms with van der Waals surface area (Å²) in [6, 6.07) is 6.56. The molecule has 0 unspecified atom stereocenters. The Hall–Kier alpha value is -1.53. The number of nitrogens with one attached hydrogen (secondary N) is 1. The van der Waals surface area contributed by atoms with Gasteiger partial charge in [-0.2, -0.15) is 0 Å². The third kappa shape index (κ3) is 3.47. The van der Waals surface area contributed by atoms with E-state index in [2.05, 4.69) is 4.72 Å². The summed E-state index contributed by atoms with van der Waals surface area (Å²) >= 11 is 1.38. The van der Waals surface area contributed by atoms with E-state index in [0.717, 1.165) is 17.0 Å². The van der Waals surface area contributed by atoms with Gasteiger partial charge in [-0.05, 0) is 24.1 Å². The molecule has 1 N–H and O–H groups in total. The first-order valence-corrected chi connectivity index (χ1v) is 6.01. The van der Waals surface area contributed by atoms with E-state index in [1.165, 1.54) is 18.0 Å². The van der Waals surface area contributed by atoms with Crippen LogP contribution in [-0.4, -0.2) is 18.1 Å². The summed E-state index contributed by atoms with van der Waals surface area (Å²) in [5, 5.41) is 10.6. The highest BCUT2D eigenvalue weighted by molar-refractivity contribution is 7.97. The summed E-state index contributed by atoms with van der Waals surface area (Å²) in [4.78, 5) is 11.0. The zero-order valence-corrected chi connectivity index (χ0v) is 9.90. The van der Waals surface area contributed by atoms with Gasteiger partial charge in [0.05, 0.1) is 18.1 Å². The number of nitrogens with zero attached hydrogens (tertiary/aromatic N) is 1. The monoisotopic (exact) mass is 252 g/mol. The SMILES string of the molecule is O=[N+]([O-])c1cccc(SNC2=CCOCC2)c1. The number of hydrogen-bond acceptors (Lipinski definition) is 5. The standard InChI is InChI=1S/C11H12N2O3S/c14-13(15)10-2-1-3-11(8-10)17-12-9-4-6-16-7-5-9/h1-4,8,12H,5-7H2. The molecule has 2 rings (SSSR count). The molecule has 0 amide bonds. The molecule has 6 heteroatoms. The van der Waals surface area contributed by atoms with Crippen molar-refractivity contribution >= 4 is 17.6 Å². The first-order chi connectivity index (χ1) is 8.25. The van der Waals surface area contributed by atoms with Crippen LogP contribution in [0, 0.1) is 10.1 Å². The Morgan fingerprint density at radius 1 is 1.47 bits per heavy atom. The molecule has 0 saturated carbocycles. The molecule has 0 radical (unpaired) electrons. The molecule has 1 heterocycles. The maximum atomic E-state index is 10.6. The van der Waals surface area contributed by atoms with Gasteiger partial charge in [0.25, 0.3) is 5.69 Å². The number of benzene rings is 1. The van der Waals surface area contributed by atoms with Crippen LogP contribution in [0.2, 0.25) is 0 Å². The van der Waals surface area contributed by atoms with Crippen molar-refractivity contribution in [1.82, 2.24) is 4.72 Å². The Balaban J connectivity index is 1.96. The normalized spacial score (nSPS) is 15.2. The summed E-state index contributed by atoms with van der Waals surface area (Å²) in [7, 11) is 0. The first-order valence-electron chi connectivity index (χ1n) is 5.20. The van der Waals surface area contributed by atoms with E-state index >= 15 is 0 Å². The number of nitro benzene ring substituents is 1. The van der Waals surface area contributed by atoms with Crippen molar-refractivity contribution in [3.05, 3.63) is 46.2 Å². The lowest BCUT2D eigenvalue weighted by atomic mass is 10.3. The van der Waals surface area contributed by atoms with E-state index in [1.807, 2.05) is 12.1 Å². The minimum absolute atomic E-state index is 0.109. The van der Waals surface area contributed by atoms with Crippen LogP contribution in [-0.2, 0) is 4.74 Å². The van der Waals surface area contributed by atoms with Crippen LogP contribution < -0.4 is 4.72 Å². The lowest BCUT2D eigenvalue weighted by Gasteiger charge is -2.14. The van der Waals surface area contributed by atoms with Crippen LogP contribution in [0.5, 0.6) is 0 Å². The van der Waals surface area contributed by atoms with Crippen LogP contribution in [0.1, 0.15) is 6.42 Å². The first kappa shape index (κ1) is 11.9. The lowest BCUT2D eigenvalue weighted by molar-refractivity contribution is -0.385. The Morgan fingerprint density at radius 2 is 2.35 bits per heavy atom. The molecule has 0 bridgehead atoms. The van der Waals surface area contributed by atoms with Gasteiger partial charge in [-0.1, -0.05) is 6.07 Å². The lowest BCUT2D eigenvalue weighted by Crippen LogP contribution is -2.12. The third-order valence-corrected chi connectivity index (χ3v) is 3.15. The second-order valence-electron chi connectivity index (χ2n) is 3.51. The molecule has 1 aliphatic heterocycles. The Morgan fingerprint density at radius 3 is 3.06 bits per heavy atom. The summed E-state index contributed by atoms with van der Waals surface area (Å²) < 4.78 is 8.37. The number of hydrogen-bond donors (Lipinski definition) is 1. The largest absolute Gasteiger partial charge is 0.377 e. The summed E-state index contributed by atoms with van der Waals surface area (Å²) in [6.45, 7) is 1.34. The van der Waals surface area contributed by atoms with Gasteiger partial charge in [0, 0.05) is 29.1 Å². The topological polar surface area (TPSA) is 64.4 Å². The maximum Gasteiger partial charge on any atom is 0.270 e. The fourth-order valence-corrected chi connectivity index (χ4v) is 2.17. The maximum absolute atomic E-state index is 10.6. The van der Waals surface area contributed by atoms with Gasteiger partial charge in [0.1, 0.15) is 0 Å². The molecule has 0 aromatic heterocycles. The molecule has 17 heavy (non-hydrogen) atoms. The van der Waals surface area contributed by atoms with Crippen LogP contribution in [0.25, 0.3) is 0 Å². The molecule has 0 saturated heterocycles. The number of ether oxygens (including phenoxy) is 1. The highest BCUT2D eigenvalue weighted by Crippen LogP contribution is 2.22. The van der Waals surface area contributed by atoms with Crippen molar-refractivity contribution in [1.29, 1.82) is 0 Å². The van der Waals surface area contributed by atoms with Gasteiger partial charge < -0.3 is 9.46 Å². The van der Waals surface area contributed by atoms with E-state index < -0.39 is 4.92 Å². The molecule has 1 aliphatic rings. The van der Waals surface area contributed by atoms with Gasteiger partial charge in [-0.3, -0.25) is 10.1 Å². The van der Waals surface area contributed by atoms with Gasteiger partial charge in [0.2, 0.25) is 0 Å². The fraction of sp³-hybridized carbons (Fsp3) is 0.273. The number of non-ortho nitro benzene ring substituents is 1. The van der Waals surface area contributed by atoms with Crippen LogP contribution in [0.15, 0.2) is 40.9 Å². The van der Waals surface area contributed by atoms with Crippen molar-refractivity contribution in [2.45, 2.75) is 11.3 Å². The summed E-state index contributed by atoms with van der Waals surface area (Å²) in [6.07, 6.45) is 2.83. The minimum Gasteiger partial charge on any atom is -0.377 e. The van der Waals surface area contributed by atoms with Crippen LogP contribution in [0.3, 0.4) is 0 Å². The van der Waals surface area contributed by atoms with Gasteiger partial charge in [-0.15, -0.1) is 0 Å². The molecular formula is C11H12N2O3S. The van der Waals surface area contributed by atoms with Gasteiger partial charge in [-0.25, -0.2) is 0 Å². The zero-order valence-electron chi connectivity index (χ0n) is 9.09. The molecule has 0 atom stereocenters. The number of nitro groups is 1. The predicted octanol–water partition coefficient (Wildman–Crippen LogP) is 2.50. The second-order valence-corrected chi connectivity index (χ2v) is 4.39. The van der Waals surface area contributed by atoms with Gasteiger partial charge >= 0.3 is 0 Å².